The molecule has 0 amide bonds. The van der Waals surface area contributed by atoms with Gasteiger partial charge in [0.25, 0.3) is 0 Å². The van der Waals surface area contributed by atoms with Crippen molar-refractivity contribution in [2.45, 2.75) is 33.9 Å². The molecule has 2 aromatic heterocycles. The highest BCUT2D eigenvalue weighted by Gasteiger charge is 2.06. The fourth-order valence-electron chi connectivity index (χ4n) is 1.87. The van der Waals surface area contributed by atoms with Gasteiger partial charge in [0, 0.05) is 36.8 Å². The van der Waals surface area contributed by atoms with Crippen LogP contribution in [0.3, 0.4) is 0 Å². The molecular formula is C12H18N4S. The predicted octanol–water partition coefficient (Wildman–Crippen LogP) is 2.09. The number of hydrogen-bond donors (Lipinski definition) is 1. The van der Waals surface area contributed by atoms with Crippen LogP contribution in [-0.2, 0) is 20.1 Å². The Bertz CT molecular complexity index is 466. The zero-order chi connectivity index (χ0) is 12.4. The summed E-state index contributed by atoms with van der Waals surface area (Å²) in [7, 11) is 1.95. The summed E-state index contributed by atoms with van der Waals surface area (Å²) in [5.41, 5.74) is 3.49. The number of aromatic nitrogens is 3. The molecule has 0 aliphatic heterocycles. The maximum absolute atomic E-state index is 4.42. The lowest BCUT2D eigenvalue weighted by Gasteiger charge is -2.02. The molecule has 0 fully saturated rings. The molecule has 0 aliphatic rings. The average Bonchev–Trinajstić information content (AvgIpc) is 2.71. The summed E-state index contributed by atoms with van der Waals surface area (Å²) >= 11 is 1.76. The van der Waals surface area contributed by atoms with E-state index >= 15 is 0 Å². The van der Waals surface area contributed by atoms with Crippen molar-refractivity contribution in [2.24, 2.45) is 7.05 Å². The van der Waals surface area contributed by atoms with E-state index < -0.39 is 0 Å². The summed E-state index contributed by atoms with van der Waals surface area (Å²) in [6.45, 7) is 7.89. The molecule has 2 rings (SSSR count). The fraction of sp³-hybridized carbons (Fsp3) is 0.500. The summed E-state index contributed by atoms with van der Waals surface area (Å²) in [4.78, 5) is 5.74. The van der Waals surface area contributed by atoms with E-state index in [1.54, 1.807) is 11.3 Å². The van der Waals surface area contributed by atoms with Crippen molar-refractivity contribution < 1.29 is 0 Å². The molecule has 0 aromatic carbocycles. The van der Waals surface area contributed by atoms with Gasteiger partial charge in [-0.3, -0.25) is 4.68 Å². The van der Waals surface area contributed by atoms with Crippen LogP contribution in [0.2, 0.25) is 0 Å². The highest BCUT2D eigenvalue weighted by molar-refractivity contribution is 7.11. The van der Waals surface area contributed by atoms with Crippen molar-refractivity contribution in [3.05, 3.63) is 33.0 Å². The average molecular weight is 250 g/mol. The van der Waals surface area contributed by atoms with Gasteiger partial charge in [-0.05, 0) is 20.8 Å². The Morgan fingerprint density at radius 1 is 1.24 bits per heavy atom. The van der Waals surface area contributed by atoms with Gasteiger partial charge < -0.3 is 5.32 Å². The van der Waals surface area contributed by atoms with E-state index in [2.05, 4.69) is 28.5 Å². The monoisotopic (exact) mass is 250 g/mol. The lowest BCUT2D eigenvalue weighted by Crippen LogP contribution is -2.12. The molecule has 0 bridgehead atoms. The molecule has 2 heterocycles. The Morgan fingerprint density at radius 2 is 2.00 bits per heavy atom. The minimum atomic E-state index is 0.857. The van der Waals surface area contributed by atoms with Gasteiger partial charge in [-0.15, -0.1) is 11.3 Å². The summed E-state index contributed by atoms with van der Waals surface area (Å²) in [6, 6.07) is 0. The molecule has 0 spiro atoms. The van der Waals surface area contributed by atoms with E-state index in [1.165, 1.54) is 10.4 Å². The molecule has 17 heavy (non-hydrogen) atoms. The summed E-state index contributed by atoms with van der Waals surface area (Å²) in [5, 5.41) is 8.90. The molecule has 1 N–H and O–H groups in total. The first-order chi connectivity index (χ1) is 8.06. The molecule has 0 unspecified atom stereocenters. The second-order valence-corrected chi connectivity index (χ2v) is 5.55. The van der Waals surface area contributed by atoms with Gasteiger partial charge in [0.1, 0.15) is 0 Å². The van der Waals surface area contributed by atoms with Crippen molar-refractivity contribution in [3.8, 4) is 0 Å². The fourth-order valence-corrected chi connectivity index (χ4v) is 2.78. The predicted molar refractivity (Wildman–Crippen MR) is 70.1 cm³/mol. The maximum atomic E-state index is 4.42. The minimum Gasteiger partial charge on any atom is -0.308 e. The van der Waals surface area contributed by atoms with Gasteiger partial charge in [-0.25, -0.2) is 4.98 Å². The number of thiazole rings is 1. The molecule has 0 aliphatic carbocycles. The number of nitrogens with one attached hydrogen (secondary N) is 1. The van der Waals surface area contributed by atoms with Crippen molar-refractivity contribution in [3.63, 3.8) is 0 Å². The van der Waals surface area contributed by atoms with Crippen molar-refractivity contribution in [1.82, 2.24) is 20.1 Å². The van der Waals surface area contributed by atoms with Crippen LogP contribution in [0.1, 0.15) is 26.8 Å². The molecule has 0 saturated heterocycles. The smallest absolute Gasteiger partial charge is 0.0900 e. The lowest BCUT2D eigenvalue weighted by atomic mass is 10.2. The zero-order valence-electron chi connectivity index (χ0n) is 10.7. The van der Waals surface area contributed by atoms with E-state index in [1.807, 2.05) is 25.6 Å². The van der Waals surface area contributed by atoms with Crippen LogP contribution >= 0.6 is 11.3 Å². The van der Waals surface area contributed by atoms with Crippen LogP contribution in [0, 0.1) is 20.8 Å². The summed E-state index contributed by atoms with van der Waals surface area (Å²) in [6.07, 6.45) is 2.06. The number of aryl methyl sites for hydroxylation is 4. The third-order valence-electron chi connectivity index (χ3n) is 2.72. The molecule has 0 saturated carbocycles. The summed E-state index contributed by atoms with van der Waals surface area (Å²) in [5.74, 6) is 0. The standard InChI is InChI=1S/C12H18N4S/c1-8-11(7-16(4)15-8)5-13-6-12-9(2)14-10(3)17-12/h7,13H,5-6H2,1-4H3. The van der Waals surface area contributed by atoms with Gasteiger partial charge in [-0.2, -0.15) is 5.10 Å². The molecular weight excluding hydrogens is 232 g/mol. The Hall–Kier alpha value is -1.20. The van der Waals surface area contributed by atoms with Crippen LogP contribution in [0.4, 0.5) is 0 Å². The van der Waals surface area contributed by atoms with Crippen molar-refractivity contribution in [1.29, 1.82) is 0 Å². The van der Waals surface area contributed by atoms with E-state index in [9.17, 15) is 0 Å². The van der Waals surface area contributed by atoms with Crippen LogP contribution < -0.4 is 5.32 Å². The maximum Gasteiger partial charge on any atom is 0.0900 e. The first kappa shape index (κ1) is 12.3. The van der Waals surface area contributed by atoms with Crippen LogP contribution in [0.25, 0.3) is 0 Å². The Balaban J connectivity index is 1.92. The lowest BCUT2D eigenvalue weighted by molar-refractivity contribution is 0.693. The van der Waals surface area contributed by atoms with E-state index in [4.69, 9.17) is 0 Å². The Kier molecular flexibility index (Phi) is 3.59. The molecule has 2 aromatic rings. The highest BCUT2D eigenvalue weighted by atomic mass is 32.1. The van der Waals surface area contributed by atoms with Crippen LogP contribution in [0.15, 0.2) is 6.20 Å². The molecule has 0 atom stereocenters. The van der Waals surface area contributed by atoms with Gasteiger partial charge >= 0.3 is 0 Å². The molecule has 4 nitrogen and oxygen atoms in total. The van der Waals surface area contributed by atoms with Crippen LogP contribution in [-0.4, -0.2) is 14.8 Å². The van der Waals surface area contributed by atoms with Crippen molar-refractivity contribution >= 4 is 11.3 Å². The van der Waals surface area contributed by atoms with E-state index in [0.29, 0.717) is 0 Å². The van der Waals surface area contributed by atoms with Gasteiger partial charge in [-0.1, -0.05) is 0 Å². The topological polar surface area (TPSA) is 42.7 Å². The van der Waals surface area contributed by atoms with Crippen LogP contribution in [0.5, 0.6) is 0 Å². The quantitative estimate of drug-likeness (QED) is 0.903. The number of rotatable bonds is 4. The molecule has 0 radical (unpaired) electrons. The minimum absolute atomic E-state index is 0.857. The van der Waals surface area contributed by atoms with E-state index in [-0.39, 0.29) is 0 Å². The third kappa shape index (κ3) is 2.92. The largest absolute Gasteiger partial charge is 0.308 e. The third-order valence-corrected chi connectivity index (χ3v) is 3.79. The Morgan fingerprint density at radius 3 is 2.53 bits per heavy atom. The van der Waals surface area contributed by atoms with E-state index in [0.717, 1.165) is 29.5 Å². The number of nitrogens with zero attached hydrogens (tertiary/aromatic N) is 3. The first-order valence-electron chi connectivity index (χ1n) is 5.69. The molecule has 5 heteroatoms. The second-order valence-electron chi connectivity index (χ2n) is 4.26. The van der Waals surface area contributed by atoms with Gasteiger partial charge in [0.2, 0.25) is 0 Å². The normalized spacial score (nSPS) is 11.1. The SMILES string of the molecule is Cc1nc(C)c(CNCc2cn(C)nc2C)s1. The number of hydrogen-bond acceptors (Lipinski definition) is 4. The molecule has 92 valence electrons. The van der Waals surface area contributed by atoms with Gasteiger partial charge in [0.15, 0.2) is 0 Å². The van der Waals surface area contributed by atoms with Crippen molar-refractivity contribution in [2.75, 3.05) is 0 Å². The first-order valence-corrected chi connectivity index (χ1v) is 6.50. The second kappa shape index (κ2) is 4.98. The zero-order valence-corrected chi connectivity index (χ0v) is 11.6. The highest BCUT2D eigenvalue weighted by Crippen LogP contribution is 2.16. The Labute approximate surface area is 106 Å². The summed E-state index contributed by atoms with van der Waals surface area (Å²) < 4.78 is 1.86. The van der Waals surface area contributed by atoms with Gasteiger partial charge in [0.05, 0.1) is 16.4 Å².